The number of halogens is 2. The average Bonchev–Trinajstić information content (AvgIpc) is 2.07. The third kappa shape index (κ3) is 12.7. The summed E-state index contributed by atoms with van der Waals surface area (Å²) in [6.45, 7) is 4.15. The van der Waals surface area contributed by atoms with Crippen LogP contribution < -0.4 is 36.3 Å². The van der Waals surface area contributed by atoms with Crippen LogP contribution >= 0.6 is 0 Å². The van der Waals surface area contributed by atoms with Crippen molar-refractivity contribution in [2.45, 2.75) is 32.1 Å². The second-order valence-electron chi connectivity index (χ2n) is 3.92. The fraction of sp³-hybridized carbons (Fsp3) is 0.900. The molecule has 0 saturated carbocycles. The summed E-state index contributed by atoms with van der Waals surface area (Å²) in [6, 6.07) is 0. The Labute approximate surface area is 131 Å². The van der Waals surface area contributed by atoms with Gasteiger partial charge in [-0.15, -0.1) is 0 Å². The van der Waals surface area contributed by atoms with Gasteiger partial charge in [0.2, 0.25) is 0 Å². The molecule has 0 aromatic carbocycles. The van der Waals surface area contributed by atoms with E-state index in [-0.39, 0.29) is 51.8 Å². The van der Waals surface area contributed by atoms with E-state index >= 15 is 0 Å². The van der Waals surface area contributed by atoms with Gasteiger partial charge in [-0.3, -0.25) is 4.99 Å². The van der Waals surface area contributed by atoms with Crippen molar-refractivity contribution < 1.29 is 45.9 Å². The molecule has 106 valence electrons. The van der Waals surface area contributed by atoms with Crippen molar-refractivity contribution in [1.29, 1.82) is 0 Å². The first kappa shape index (κ1) is 22.7. The topological polar surface area (TPSA) is 67.6 Å². The van der Waals surface area contributed by atoms with Gasteiger partial charge in [0, 0.05) is 6.54 Å². The molecule has 1 aliphatic heterocycles. The van der Waals surface area contributed by atoms with Gasteiger partial charge in [-0.25, -0.2) is 0 Å². The molecule has 17 heavy (non-hydrogen) atoms. The van der Waals surface area contributed by atoms with E-state index in [2.05, 4.69) is 9.89 Å². The Morgan fingerprint density at radius 2 is 1.41 bits per heavy atom. The Bertz CT molecular complexity index is 181. The van der Waals surface area contributed by atoms with Gasteiger partial charge in [0.25, 0.3) is 0 Å². The van der Waals surface area contributed by atoms with Crippen molar-refractivity contribution in [2.75, 3.05) is 26.2 Å². The van der Waals surface area contributed by atoms with Crippen molar-refractivity contribution in [1.82, 2.24) is 4.90 Å². The second kappa shape index (κ2) is 14.6. The Balaban J connectivity index is -0.000000653. The first-order valence-electron chi connectivity index (χ1n) is 5.57. The van der Waals surface area contributed by atoms with Gasteiger partial charge >= 0.3 is 21.1 Å². The molecule has 0 atom stereocenters. The molecular formula is C10H22Cl2N4Pt. The van der Waals surface area contributed by atoms with Gasteiger partial charge in [0.1, 0.15) is 0 Å². The molecule has 0 radical (unpaired) electrons. The van der Waals surface area contributed by atoms with Crippen LogP contribution in [-0.4, -0.2) is 37.0 Å². The smallest absolute Gasteiger partial charge is 1.00 e. The van der Waals surface area contributed by atoms with Gasteiger partial charge in [0.05, 0.1) is 6.54 Å². The predicted octanol–water partition coefficient (Wildman–Crippen LogP) is -5.47. The van der Waals surface area contributed by atoms with Crippen LogP contribution in [0.25, 0.3) is 0 Å². The monoisotopic (exact) mass is 463 g/mol. The third-order valence-electron chi connectivity index (χ3n) is 2.66. The summed E-state index contributed by atoms with van der Waals surface area (Å²) in [5.41, 5.74) is 10.5. The maximum atomic E-state index is 5.27. The summed E-state index contributed by atoms with van der Waals surface area (Å²) in [7, 11) is 0. The molecule has 0 aliphatic carbocycles. The van der Waals surface area contributed by atoms with Crippen LogP contribution in [0.1, 0.15) is 32.1 Å². The minimum absolute atomic E-state index is 0. The summed E-state index contributed by atoms with van der Waals surface area (Å²) in [5, 5.41) is 0. The zero-order valence-electron chi connectivity index (χ0n) is 9.99. The standard InChI is InChI=1S/C10H22N4.2ClH.Pt/c11-10(12)13-6-9-14-7-4-2-1-3-5-8-14;;;/h1-9H2,(H4,11,12,13);2*1H;/q;;;+2/p-2. The zero-order chi connectivity index (χ0) is 10.2. The molecule has 0 unspecified atom stereocenters. The SMILES string of the molecule is NC(N)=NCCN1CCCCCCC1.[Cl-].[Cl-].[Pt+2]. The number of nitrogens with two attached hydrogens (primary N) is 2. The van der Waals surface area contributed by atoms with Gasteiger partial charge in [-0.05, 0) is 25.9 Å². The van der Waals surface area contributed by atoms with E-state index in [1.54, 1.807) is 0 Å². The van der Waals surface area contributed by atoms with Gasteiger partial charge in [-0.2, -0.15) is 0 Å². The van der Waals surface area contributed by atoms with E-state index in [4.69, 9.17) is 11.5 Å². The van der Waals surface area contributed by atoms with Gasteiger partial charge in [-0.1, -0.05) is 19.3 Å². The quantitative estimate of drug-likeness (QED) is 0.324. The minimum Gasteiger partial charge on any atom is -1.00 e. The van der Waals surface area contributed by atoms with Crippen LogP contribution in [0.15, 0.2) is 4.99 Å². The van der Waals surface area contributed by atoms with E-state index < -0.39 is 0 Å². The van der Waals surface area contributed by atoms with Gasteiger partial charge < -0.3 is 41.2 Å². The third-order valence-corrected chi connectivity index (χ3v) is 2.66. The molecule has 7 heteroatoms. The van der Waals surface area contributed by atoms with Crippen LogP contribution in [0.3, 0.4) is 0 Å². The summed E-state index contributed by atoms with van der Waals surface area (Å²) < 4.78 is 0. The fourth-order valence-corrected chi connectivity index (χ4v) is 1.86. The summed E-state index contributed by atoms with van der Waals surface area (Å²) >= 11 is 0. The molecule has 1 aliphatic rings. The number of likely N-dealkylation sites (tertiary alicyclic amines) is 1. The Morgan fingerprint density at radius 1 is 0.941 bits per heavy atom. The van der Waals surface area contributed by atoms with Crippen molar-refractivity contribution in [2.24, 2.45) is 16.5 Å². The van der Waals surface area contributed by atoms with E-state index in [0.717, 1.165) is 13.1 Å². The summed E-state index contributed by atoms with van der Waals surface area (Å²) in [6.07, 6.45) is 6.79. The number of hydrogen-bond acceptors (Lipinski definition) is 2. The Kier molecular flexibility index (Phi) is 19.4. The molecule has 0 spiro atoms. The van der Waals surface area contributed by atoms with Crippen LogP contribution in [0.2, 0.25) is 0 Å². The first-order chi connectivity index (χ1) is 6.79. The van der Waals surface area contributed by atoms with Crippen LogP contribution in [0, 0.1) is 0 Å². The number of nitrogens with zero attached hydrogens (tertiary/aromatic N) is 2. The largest absolute Gasteiger partial charge is 2.00 e. The second-order valence-corrected chi connectivity index (χ2v) is 3.92. The van der Waals surface area contributed by atoms with E-state index in [9.17, 15) is 0 Å². The van der Waals surface area contributed by atoms with Crippen molar-refractivity contribution in [3.8, 4) is 0 Å². The number of guanidine groups is 1. The van der Waals surface area contributed by atoms with Crippen molar-refractivity contribution in [3.63, 3.8) is 0 Å². The summed E-state index contributed by atoms with van der Waals surface area (Å²) in [5.74, 6) is 0.206. The van der Waals surface area contributed by atoms with E-state index in [1.165, 1.54) is 45.2 Å². The average molecular weight is 464 g/mol. The van der Waals surface area contributed by atoms with Crippen LogP contribution in [-0.2, 0) is 21.1 Å². The van der Waals surface area contributed by atoms with Gasteiger partial charge in [0.15, 0.2) is 5.96 Å². The minimum atomic E-state index is 0. The molecule has 4 N–H and O–H groups in total. The maximum absolute atomic E-state index is 5.27. The first-order valence-corrected chi connectivity index (χ1v) is 5.57. The number of hydrogen-bond donors (Lipinski definition) is 2. The zero-order valence-corrected chi connectivity index (χ0v) is 13.8. The number of rotatable bonds is 3. The van der Waals surface area contributed by atoms with Crippen molar-refractivity contribution in [3.05, 3.63) is 0 Å². The summed E-state index contributed by atoms with van der Waals surface area (Å²) in [4.78, 5) is 6.47. The molecule has 0 bridgehead atoms. The molecule has 1 rings (SSSR count). The van der Waals surface area contributed by atoms with Crippen LogP contribution in [0.4, 0.5) is 0 Å². The Morgan fingerprint density at radius 3 is 1.88 bits per heavy atom. The number of aliphatic imine (C=N–C) groups is 1. The van der Waals surface area contributed by atoms with Crippen LogP contribution in [0.5, 0.6) is 0 Å². The molecule has 1 saturated heterocycles. The molecule has 0 aromatic heterocycles. The molecule has 0 amide bonds. The van der Waals surface area contributed by atoms with E-state index in [0.29, 0.717) is 0 Å². The molecule has 1 heterocycles. The molecular weight excluding hydrogens is 442 g/mol. The molecule has 1 fully saturated rings. The van der Waals surface area contributed by atoms with E-state index in [1.807, 2.05) is 0 Å². The maximum Gasteiger partial charge on any atom is 2.00 e. The van der Waals surface area contributed by atoms with Crippen molar-refractivity contribution >= 4 is 5.96 Å². The normalized spacial score (nSPS) is 16.2. The predicted molar refractivity (Wildman–Crippen MR) is 60.2 cm³/mol. The molecule has 4 nitrogen and oxygen atoms in total. The molecule has 0 aromatic rings. The Hall–Kier alpha value is 0.498. The fourth-order valence-electron chi connectivity index (χ4n) is 1.86.